The van der Waals surface area contributed by atoms with Crippen LogP contribution in [0.15, 0.2) is 48.5 Å². The van der Waals surface area contributed by atoms with Crippen LogP contribution in [0.3, 0.4) is 0 Å². The molecule has 4 heteroatoms. The van der Waals surface area contributed by atoms with Crippen molar-refractivity contribution in [1.29, 1.82) is 0 Å². The van der Waals surface area contributed by atoms with Crippen LogP contribution in [0.25, 0.3) is 10.9 Å². The molecule has 4 nitrogen and oxygen atoms in total. The molecule has 0 unspecified atom stereocenters. The summed E-state index contributed by atoms with van der Waals surface area (Å²) in [5.41, 5.74) is 2.61. The standard InChI is InChI=1S/C18H17NO3/c1-12-18(22-13(2)20)15-9-6-10-16(21)17(15)19(12)11-14-7-4-3-5-8-14/h3-10,21H,11H2,1-2H3. The van der Waals surface area contributed by atoms with Crippen molar-refractivity contribution in [2.75, 3.05) is 0 Å². The van der Waals surface area contributed by atoms with Gasteiger partial charge in [0.1, 0.15) is 5.75 Å². The van der Waals surface area contributed by atoms with Gasteiger partial charge in [0.2, 0.25) is 0 Å². The van der Waals surface area contributed by atoms with E-state index in [1.165, 1.54) is 6.92 Å². The normalized spacial score (nSPS) is 10.8. The number of fused-ring (bicyclic) bond motifs is 1. The van der Waals surface area contributed by atoms with Crippen LogP contribution in [0.5, 0.6) is 11.5 Å². The molecular weight excluding hydrogens is 278 g/mol. The molecule has 0 aliphatic carbocycles. The van der Waals surface area contributed by atoms with Gasteiger partial charge in [0.05, 0.1) is 11.2 Å². The van der Waals surface area contributed by atoms with E-state index >= 15 is 0 Å². The molecule has 0 saturated carbocycles. The number of aromatic hydroxyl groups is 1. The molecule has 0 saturated heterocycles. The monoisotopic (exact) mass is 295 g/mol. The third kappa shape index (κ3) is 2.44. The van der Waals surface area contributed by atoms with Crippen molar-refractivity contribution in [3.05, 3.63) is 59.8 Å². The molecule has 0 amide bonds. The number of aromatic nitrogens is 1. The number of carbonyl (C=O) groups excluding carboxylic acids is 1. The van der Waals surface area contributed by atoms with Gasteiger partial charge in [-0.1, -0.05) is 36.4 Å². The van der Waals surface area contributed by atoms with E-state index in [4.69, 9.17) is 4.74 Å². The number of phenols is 1. The molecular formula is C18H17NO3. The smallest absolute Gasteiger partial charge is 0.308 e. The highest BCUT2D eigenvalue weighted by molar-refractivity contribution is 5.94. The molecule has 0 bridgehead atoms. The van der Waals surface area contributed by atoms with Crippen LogP contribution >= 0.6 is 0 Å². The number of benzene rings is 2. The van der Waals surface area contributed by atoms with E-state index in [0.717, 1.165) is 16.6 Å². The Morgan fingerprint density at radius 3 is 2.55 bits per heavy atom. The quantitative estimate of drug-likeness (QED) is 0.751. The second kappa shape index (κ2) is 5.56. The molecule has 22 heavy (non-hydrogen) atoms. The Morgan fingerprint density at radius 2 is 1.86 bits per heavy atom. The number of phenolic OH excluding ortho intramolecular Hbond substituents is 1. The van der Waals surface area contributed by atoms with Crippen molar-refractivity contribution < 1.29 is 14.6 Å². The molecule has 0 aliphatic heterocycles. The highest BCUT2D eigenvalue weighted by Gasteiger charge is 2.19. The Balaban J connectivity index is 2.20. The fourth-order valence-electron chi connectivity index (χ4n) is 2.72. The van der Waals surface area contributed by atoms with Gasteiger partial charge >= 0.3 is 5.97 Å². The number of para-hydroxylation sites is 1. The summed E-state index contributed by atoms with van der Waals surface area (Å²) < 4.78 is 7.33. The second-order valence-electron chi connectivity index (χ2n) is 5.25. The Morgan fingerprint density at radius 1 is 1.14 bits per heavy atom. The van der Waals surface area contributed by atoms with E-state index in [2.05, 4.69) is 0 Å². The number of hydrogen-bond acceptors (Lipinski definition) is 3. The van der Waals surface area contributed by atoms with Crippen LogP contribution in [0, 0.1) is 6.92 Å². The van der Waals surface area contributed by atoms with Crippen LogP contribution in [-0.4, -0.2) is 15.6 Å². The van der Waals surface area contributed by atoms with E-state index < -0.39 is 0 Å². The molecule has 0 aliphatic rings. The highest BCUT2D eigenvalue weighted by Crippen LogP contribution is 2.37. The maximum Gasteiger partial charge on any atom is 0.308 e. The highest BCUT2D eigenvalue weighted by atomic mass is 16.5. The van der Waals surface area contributed by atoms with Gasteiger partial charge in [-0.3, -0.25) is 4.79 Å². The number of nitrogens with zero attached hydrogens (tertiary/aromatic N) is 1. The predicted octanol–water partition coefficient (Wildman–Crippen LogP) is 3.63. The molecule has 0 atom stereocenters. The minimum absolute atomic E-state index is 0.176. The van der Waals surface area contributed by atoms with Crippen molar-refractivity contribution in [2.24, 2.45) is 0 Å². The summed E-state index contributed by atoms with van der Waals surface area (Å²) in [4.78, 5) is 11.4. The van der Waals surface area contributed by atoms with Crippen LogP contribution in [0.4, 0.5) is 0 Å². The van der Waals surface area contributed by atoms with E-state index in [1.54, 1.807) is 12.1 Å². The Bertz CT molecular complexity index is 834. The van der Waals surface area contributed by atoms with Gasteiger partial charge in [-0.25, -0.2) is 0 Å². The molecule has 3 aromatic rings. The van der Waals surface area contributed by atoms with Gasteiger partial charge in [0, 0.05) is 18.9 Å². The average molecular weight is 295 g/mol. The minimum atomic E-state index is -0.370. The van der Waals surface area contributed by atoms with Gasteiger partial charge in [0.15, 0.2) is 5.75 Å². The van der Waals surface area contributed by atoms with E-state index in [-0.39, 0.29) is 11.7 Å². The molecule has 112 valence electrons. The van der Waals surface area contributed by atoms with Gasteiger partial charge < -0.3 is 14.4 Å². The fraction of sp³-hybridized carbons (Fsp3) is 0.167. The van der Waals surface area contributed by atoms with E-state index in [1.807, 2.05) is 47.9 Å². The zero-order valence-corrected chi connectivity index (χ0v) is 12.5. The average Bonchev–Trinajstić information content (AvgIpc) is 2.75. The molecule has 0 radical (unpaired) electrons. The Kier molecular flexibility index (Phi) is 3.59. The lowest BCUT2D eigenvalue weighted by Crippen LogP contribution is -2.05. The minimum Gasteiger partial charge on any atom is -0.506 e. The van der Waals surface area contributed by atoms with Crippen LogP contribution in [0.2, 0.25) is 0 Å². The number of ether oxygens (including phenoxy) is 1. The third-order valence-electron chi connectivity index (χ3n) is 3.69. The number of carbonyl (C=O) groups is 1. The van der Waals surface area contributed by atoms with E-state index in [0.29, 0.717) is 17.8 Å². The zero-order chi connectivity index (χ0) is 15.7. The molecule has 0 spiro atoms. The van der Waals surface area contributed by atoms with Crippen molar-refractivity contribution in [1.82, 2.24) is 4.57 Å². The largest absolute Gasteiger partial charge is 0.506 e. The summed E-state index contributed by atoms with van der Waals surface area (Å²) in [6.07, 6.45) is 0. The van der Waals surface area contributed by atoms with Crippen LogP contribution in [-0.2, 0) is 11.3 Å². The zero-order valence-electron chi connectivity index (χ0n) is 12.5. The topological polar surface area (TPSA) is 51.5 Å². The van der Waals surface area contributed by atoms with Crippen LogP contribution in [0.1, 0.15) is 18.2 Å². The molecule has 3 rings (SSSR count). The van der Waals surface area contributed by atoms with Crippen molar-refractivity contribution in [3.63, 3.8) is 0 Å². The first-order valence-electron chi connectivity index (χ1n) is 7.11. The van der Waals surface area contributed by atoms with Crippen molar-refractivity contribution in [2.45, 2.75) is 20.4 Å². The Labute approximate surface area is 128 Å². The lowest BCUT2D eigenvalue weighted by atomic mass is 10.2. The lowest BCUT2D eigenvalue weighted by molar-refractivity contribution is -0.131. The first kappa shape index (κ1) is 14.2. The summed E-state index contributed by atoms with van der Waals surface area (Å²) in [5.74, 6) is 0.314. The summed E-state index contributed by atoms with van der Waals surface area (Å²) in [5, 5.41) is 11.0. The second-order valence-corrected chi connectivity index (χ2v) is 5.25. The summed E-state index contributed by atoms with van der Waals surface area (Å²) in [6, 6.07) is 15.2. The third-order valence-corrected chi connectivity index (χ3v) is 3.69. The molecule has 1 aromatic heterocycles. The summed E-state index contributed by atoms with van der Waals surface area (Å²) in [7, 11) is 0. The maximum absolute atomic E-state index is 11.4. The first-order valence-corrected chi connectivity index (χ1v) is 7.11. The van der Waals surface area contributed by atoms with E-state index in [9.17, 15) is 9.90 Å². The number of hydrogen-bond donors (Lipinski definition) is 1. The lowest BCUT2D eigenvalue weighted by Gasteiger charge is -2.09. The molecule has 2 aromatic carbocycles. The van der Waals surface area contributed by atoms with Gasteiger partial charge in [0.25, 0.3) is 0 Å². The SMILES string of the molecule is CC(=O)Oc1c(C)n(Cc2ccccc2)c2c(O)cccc12. The van der Waals surface area contributed by atoms with Crippen LogP contribution < -0.4 is 4.74 Å². The van der Waals surface area contributed by atoms with Crippen molar-refractivity contribution >= 4 is 16.9 Å². The summed E-state index contributed by atoms with van der Waals surface area (Å²) in [6.45, 7) is 3.87. The van der Waals surface area contributed by atoms with Crippen molar-refractivity contribution in [3.8, 4) is 11.5 Å². The van der Waals surface area contributed by atoms with Gasteiger partial charge in [-0.15, -0.1) is 0 Å². The van der Waals surface area contributed by atoms with Gasteiger partial charge in [-0.05, 0) is 24.6 Å². The maximum atomic E-state index is 11.4. The fourth-order valence-corrected chi connectivity index (χ4v) is 2.72. The molecule has 1 N–H and O–H groups in total. The molecule has 0 fully saturated rings. The first-order chi connectivity index (χ1) is 10.6. The Hall–Kier alpha value is -2.75. The summed E-state index contributed by atoms with van der Waals surface area (Å²) >= 11 is 0. The number of esters is 1. The predicted molar refractivity (Wildman–Crippen MR) is 85.2 cm³/mol. The molecule has 1 heterocycles. The van der Waals surface area contributed by atoms with Gasteiger partial charge in [-0.2, -0.15) is 0 Å². The number of rotatable bonds is 3.